The van der Waals surface area contributed by atoms with Crippen molar-refractivity contribution in [1.29, 1.82) is 0 Å². The molecule has 5 heteroatoms. The van der Waals surface area contributed by atoms with Crippen molar-refractivity contribution in [3.8, 4) is 0 Å². The number of rotatable bonds is 1. The van der Waals surface area contributed by atoms with Gasteiger partial charge in [0.15, 0.2) is 0 Å². The number of methoxy groups -OCH3 is 1. The van der Waals surface area contributed by atoms with Crippen LogP contribution in [0.25, 0.3) is 0 Å². The van der Waals surface area contributed by atoms with Gasteiger partial charge in [0.2, 0.25) is 0 Å². The Hall–Kier alpha value is -0.810. The highest BCUT2D eigenvalue weighted by Gasteiger charge is 2.36. The van der Waals surface area contributed by atoms with Crippen molar-refractivity contribution in [3.63, 3.8) is 0 Å². The van der Waals surface area contributed by atoms with Crippen LogP contribution in [0.2, 0.25) is 0 Å². The summed E-state index contributed by atoms with van der Waals surface area (Å²) in [5.41, 5.74) is 1.94. The van der Waals surface area contributed by atoms with Gasteiger partial charge in [-0.15, -0.1) is 0 Å². The Kier molecular flexibility index (Phi) is 2.75. The number of nitrogens with one attached hydrogen (secondary N) is 1. The molecule has 0 spiro atoms. The fourth-order valence-corrected chi connectivity index (χ4v) is 3.01. The number of hydrogen-bond donors (Lipinski definition) is 1. The van der Waals surface area contributed by atoms with Gasteiger partial charge >= 0.3 is 0 Å². The molecule has 0 saturated carbocycles. The molecular formula is C12H14BrFN2O. The normalized spacial score (nSPS) is 26.4. The van der Waals surface area contributed by atoms with Crippen LogP contribution in [0, 0.1) is 5.82 Å². The lowest BCUT2D eigenvalue weighted by molar-refractivity contribution is 0.118. The van der Waals surface area contributed by atoms with Crippen molar-refractivity contribution in [2.24, 2.45) is 0 Å². The summed E-state index contributed by atoms with van der Waals surface area (Å²) in [7, 11) is 1.75. The summed E-state index contributed by atoms with van der Waals surface area (Å²) in [4.78, 5) is 2.31. The molecule has 2 aliphatic rings. The Morgan fingerprint density at radius 1 is 1.53 bits per heavy atom. The van der Waals surface area contributed by atoms with Gasteiger partial charge in [0.05, 0.1) is 22.0 Å². The SMILES string of the molecule is COC1CC2CNc3cc(F)c(Br)cc3N2C1. The topological polar surface area (TPSA) is 24.5 Å². The minimum absolute atomic E-state index is 0.225. The van der Waals surface area contributed by atoms with Gasteiger partial charge in [-0.25, -0.2) is 4.39 Å². The van der Waals surface area contributed by atoms with E-state index in [9.17, 15) is 4.39 Å². The number of hydrogen-bond acceptors (Lipinski definition) is 3. The van der Waals surface area contributed by atoms with Crippen molar-refractivity contribution in [2.75, 3.05) is 30.4 Å². The van der Waals surface area contributed by atoms with Gasteiger partial charge in [0.25, 0.3) is 0 Å². The molecule has 3 nitrogen and oxygen atoms in total. The first kappa shape index (κ1) is 11.3. The zero-order valence-corrected chi connectivity index (χ0v) is 11.1. The molecule has 17 heavy (non-hydrogen) atoms. The van der Waals surface area contributed by atoms with Gasteiger partial charge in [-0.05, 0) is 28.4 Å². The molecular weight excluding hydrogens is 287 g/mol. The average molecular weight is 301 g/mol. The Labute approximate surface area is 108 Å². The smallest absolute Gasteiger partial charge is 0.139 e. The Balaban J connectivity index is 1.98. The number of ether oxygens (including phenoxy) is 1. The zero-order chi connectivity index (χ0) is 12.0. The van der Waals surface area contributed by atoms with Crippen molar-refractivity contribution in [1.82, 2.24) is 0 Å². The van der Waals surface area contributed by atoms with Crippen LogP contribution < -0.4 is 10.2 Å². The molecule has 0 radical (unpaired) electrons. The van der Waals surface area contributed by atoms with Crippen molar-refractivity contribution in [3.05, 3.63) is 22.4 Å². The summed E-state index contributed by atoms with van der Waals surface area (Å²) in [6, 6.07) is 3.85. The van der Waals surface area contributed by atoms with E-state index in [1.165, 1.54) is 0 Å². The molecule has 1 saturated heterocycles. The minimum Gasteiger partial charge on any atom is -0.381 e. The zero-order valence-electron chi connectivity index (χ0n) is 9.54. The van der Waals surface area contributed by atoms with E-state index in [1.807, 2.05) is 6.07 Å². The first-order chi connectivity index (χ1) is 8.19. The fraction of sp³-hybridized carbons (Fsp3) is 0.500. The van der Waals surface area contributed by atoms with Crippen LogP contribution in [-0.2, 0) is 4.74 Å². The summed E-state index contributed by atoms with van der Waals surface area (Å²) in [5, 5.41) is 3.29. The fourth-order valence-electron chi connectivity index (χ4n) is 2.68. The number of anilines is 2. The lowest BCUT2D eigenvalue weighted by atomic mass is 10.1. The van der Waals surface area contributed by atoms with Gasteiger partial charge in [-0.2, -0.15) is 0 Å². The maximum absolute atomic E-state index is 13.5. The molecule has 0 bridgehead atoms. The molecule has 0 aliphatic carbocycles. The Morgan fingerprint density at radius 2 is 2.35 bits per heavy atom. The quantitative estimate of drug-likeness (QED) is 0.863. The third-order valence-electron chi connectivity index (χ3n) is 3.59. The molecule has 2 unspecified atom stereocenters. The molecule has 2 aliphatic heterocycles. The number of halogens is 2. The second kappa shape index (κ2) is 4.14. The van der Waals surface area contributed by atoms with Crippen LogP contribution in [0.5, 0.6) is 0 Å². The van der Waals surface area contributed by atoms with E-state index in [4.69, 9.17) is 4.74 Å². The van der Waals surface area contributed by atoms with Crippen molar-refractivity contribution < 1.29 is 9.13 Å². The maximum atomic E-state index is 13.5. The monoisotopic (exact) mass is 300 g/mol. The van der Waals surface area contributed by atoms with Gasteiger partial charge in [-0.1, -0.05) is 0 Å². The van der Waals surface area contributed by atoms with Crippen molar-refractivity contribution >= 4 is 27.3 Å². The average Bonchev–Trinajstić information content (AvgIpc) is 2.74. The molecule has 1 aromatic rings. The number of nitrogens with zero attached hydrogens (tertiary/aromatic N) is 1. The minimum atomic E-state index is -0.225. The summed E-state index contributed by atoms with van der Waals surface area (Å²) < 4.78 is 19.4. The van der Waals surface area contributed by atoms with E-state index in [0.29, 0.717) is 10.5 Å². The van der Waals surface area contributed by atoms with Gasteiger partial charge in [0, 0.05) is 32.3 Å². The lowest BCUT2D eigenvalue weighted by Gasteiger charge is -2.34. The largest absolute Gasteiger partial charge is 0.381 e. The number of benzene rings is 1. The predicted octanol–water partition coefficient (Wildman–Crippen LogP) is 2.61. The van der Waals surface area contributed by atoms with E-state index in [2.05, 4.69) is 26.1 Å². The van der Waals surface area contributed by atoms with Crippen LogP contribution in [0.3, 0.4) is 0 Å². The van der Waals surface area contributed by atoms with E-state index in [0.717, 1.165) is 30.9 Å². The lowest BCUT2D eigenvalue weighted by Crippen LogP contribution is -2.39. The molecule has 92 valence electrons. The molecule has 1 N–H and O–H groups in total. The first-order valence-electron chi connectivity index (χ1n) is 5.71. The van der Waals surface area contributed by atoms with Crippen LogP contribution in [0.15, 0.2) is 16.6 Å². The van der Waals surface area contributed by atoms with Crippen LogP contribution in [0.4, 0.5) is 15.8 Å². The molecule has 2 atom stereocenters. The van der Waals surface area contributed by atoms with Gasteiger partial charge < -0.3 is 15.0 Å². The molecule has 1 aromatic carbocycles. The van der Waals surface area contributed by atoms with Gasteiger partial charge in [-0.3, -0.25) is 0 Å². The third-order valence-corrected chi connectivity index (χ3v) is 4.19. The predicted molar refractivity (Wildman–Crippen MR) is 69.1 cm³/mol. The van der Waals surface area contributed by atoms with E-state index in [1.54, 1.807) is 13.2 Å². The summed E-state index contributed by atoms with van der Waals surface area (Å²) in [6.45, 7) is 1.74. The van der Waals surface area contributed by atoms with Crippen LogP contribution in [-0.4, -0.2) is 32.3 Å². The van der Waals surface area contributed by atoms with E-state index >= 15 is 0 Å². The third kappa shape index (κ3) is 1.81. The summed E-state index contributed by atoms with van der Waals surface area (Å²) >= 11 is 3.24. The second-order valence-corrected chi connectivity index (χ2v) is 5.42. The summed E-state index contributed by atoms with van der Waals surface area (Å²) in [6.07, 6.45) is 1.30. The molecule has 0 amide bonds. The Morgan fingerprint density at radius 3 is 3.12 bits per heavy atom. The number of fused-ring (bicyclic) bond motifs is 3. The highest BCUT2D eigenvalue weighted by molar-refractivity contribution is 9.10. The second-order valence-electron chi connectivity index (χ2n) is 4.56. The highest BCUT2D eigenvalue weighted by Crippen LogP contribution is 2.39. The van der Waals surface area contributed by atoms with Gasteiger partial charge in [0.1, 0.15) is 5.82 Å². The summed E-state index contributed by atoms with van der Waals surface area (Å²) in [5.74, 6) is -0.225. The molecule has 2 heterocycles. The van der Waals surface area contributed by atoms with E-state index < -0.39 is 0 Å². The van der Waals surface area contributed by atoms with E-state index in [-0.39, 0.29) is 11.9 Å². The molecule has 1 fully saturated rings. The molecule has 3 rings (SSSR count). The highest BCUT2D eigenvalue weighted by atomic mass is 79.9. The van der Waals surface area contributed by atoms with Crippen molar-refractivity contribution in [2.45, 2.75) is 18.6 Å². The standard InChI is InChI=1S/C12H14BrFN2O/c1-17-8-2-7-5-15-11-4-10(14)9(13)3-12(11)16(7)6-8/h3-4,7-8,15H,2,5-6H2,1H3. The maximum Gasteiger partial charge on any atom is 0.139 e. The first-order valence-corrected chi connectivity index (χ1v) is 6.50. The van der Waals surface area contributed by atoms with Crippen LogP contribution >= 0.6 is 15.9 Å². The Bertz CT molecular complexity index is 454. The van der Waals surface area contributed by atoms with Crippen LogP contribution in [0.1, 0.15) is 6.42 Å². The molecule has 0 aromatic heterocycles.